The Kier molecular flexibility index (Phi) is 7.78. The Balaban J connectivity index is 1.63. The zero-order valence-electron chi connectivity index (χ0n) is 17.6. The van der Waals surface area contributed by atoms with Crippen LogP contribution in [-0.4, -0.2) is 38.1 Å². The Bertz CT molecular complexity index is 988. The van der Waals surface area contributed by atoms with Crippen molar-refractivity contribution in [2.75, 3.05) is 7.05 Å². The van der Waals surface area contributed by atoms with Crippen molar-refractivity contribution in [3.05, 3.63) is 65.2 Å². The topological polar surface area (TPSA) is 66.5 Å². The van der Waals surface area contributed by atoms with Crippen molar-refractivity contribution in [1.29, 1.82) is 0 Å². The van der Waals surface area contributed by atoms with Gasteiger partial charge in [-0.1, -0.05) is 43.5 Å². The highest BCUT2D eigenvalue weighted by molar-refractivity contribution is 7.91. The van der Waals surface area contributed by atoms with Crippen molar-refractivity contribution in [2.24, 2.45) is 0 Å². The molecular weight excluding hydrogens is 422 g/mol. The maximum atomic E-state index is 12.6. The number of hydrogen-bond acceptors (Lipinski definition) is 4. The summed E-state index contributed by atoms with van der Waals surface area (Å²) in [6.45, 7) is 1.13. The molecule has 0 bridgehead atoms. The summed E-state index contributed by atoms with van der Waals surface area (Å²) in [6, 6.07) is 13.1. The maximum absolute atomic E-state index is 12.6. The molecule has 0 atom stereocenters. The third-order valence-electron chi connectivity index (χ3n) is 5.86. The van der Waals surface area contributed by atoms with Crippen LogP contribution in [0.2, 0.25) is 0 Å². The minimum atomic E-state index is -4.67. The van der Waals surface area contributed by atoms with E-state index in [-0.39, 0.29) is 5.56 Å². The predicted molar refractivity (Wildman–Crippen MR) is 116 cm³/mol. The number of benzene rings is 2. The van der Waals surface area contributed by atoms with E-state index in [2.05, 4.69) is 23.3 Å². The number of rotatable bonds is 8. The largest absolute Gasteiger partial charge is 0.348 e. The van der Waals surface area contributed by atoms with Gasteiger partial charge in [0.05, 0.1) is 4.90 Å². The van der Waals surface area contributed by atoms with Crippen molar-refractivity contribution in [3.63, 3.8) is 0 Å². The van der Waals surface area contributed by atoms with Crippen molar-refractivity contribution in [1.82, 2.24) is 10.2 Å². The molecule has 31 heavy (non-hydrogen) atoms. The van der Waals surface area contributed by atoms with Gasteiger partial charge < -0.3 is 5.32 Å². The zero-order valence-corrected chi connectivity index (χ0v) is 18.4. The van der Waals surface area contributed by atoms with E-state index in [1.807, 2.05) is 18.2 Å². The van der Waals surface area contributed by atoms with E-state index in [1.54, 1.807) is 0 Å². The fourth-order valence-corrected chi connectivity index (χ4v) is 4.70. The summed E-state index contributed by atoms with van der Waals surface area (Å²) in [5, 5.41) is 2.83. The Morgan fingerprint density at radius 3 is 2.26 bits per heavy atom. The molecule has 1 amide bonds. The van der Waals surface area contributed by atoms with E-state index in [0.29, 0.717) is 12.6 Å². The third kappa shape index (κ3) is 5.89. The van der Waals surface area contributed by atoms with E-state index >= 15 is 0 Å². The van der Waals surface area contributed by atoms with E-state index in [9.17, 15) is 22.0 Å². The molecule has 3 rings (SSSR count). The molecule has 1 aliphatic carbocycles. The molecule has 2 aromatic rings. The molecule has 0 spiro atoms. The standard InChI is InChI=1S/C23H28F2N2O3S/c1-27(20-9-3-2-4-10-20)16-19-8-6-5-7-18(19)15-26-22(28)17-11-13-21(14-12-17)31(29,30)23(24)25/h5-8,11-14,20,23H,2-4,9-10,15-16H2,1H3,(H,26,28). The van der Waals surface area contributed by atoms with Gasteiger partial charge in [-0.25, -0.2) is 8.42 Å². The van der Waals surface area contributed by atoms with Crippen LogP contribution in [0, 0.1) is 0 Å². The minimum absolute atomic E-state index is 0.213. The van der Waals surface area contributed by atoms with Gasteiger partial charge in [0.1, 0.15) is 0 Å². The van der Waals surface area contributed by atoms with Crippen LogP contribution in [0.15, 0.2) is 53.4 Å². The Labute approximate surface area is 182 Å². The van der Waals surface area contributed by atoms with Gasteiger partial charge in [-0.3, -0.25) is 9.69 Å². The Morgan fingerprint density at radius 2 is 1.65 bits per heavy atom. The van der Waals surface area contributed by atoms with E-state index in [4.69, 9.17) is 0 Å². The lowest BCUT2D eigenvalue weighted by Gasteiger charge is -2.31. The number of hydrogen-bond donors (Lipinski definition) is 1. The van der Waals surface area contributed by atoms with Gasteiger partial charge in [-0.05, 0) is 55.3 Å². The number of sulfone groups is 1. The molecule has 0 heterocycles. The summed E-state index contributed by atoms with van der Waals surface area (Å²) in [5.74, 6) is -3.88. The molecular formula is C23H28F2N2O3S. The summed E-state index contributed by atoms with van der Waals surface area (Å²) in [4.78, 5) is 14.3. The molecule has 0 aliphatic heterocycles. The average Bonchev–Trinajstić information content (AvgIpc) is 2.78. The molecule has 0 unspecified atom stereocenters. The average molecular weight is 451 g/mol. The third-order valence-corrected chi connectivity index (χ3v) is 7.25. The first kappa shape index (κ1) is 23.3. The molecule has 1 saturated carbocycles. The van der Waals surface area contributed by atoms with E-state index in [1.165, 1.54) is 44.2 Å². The number of nitrogens with zero attached hydrogens (tertiary/aromatic N) is 1. The molecule has 2 aromatic carbocycles. The van der Waals surface area contributed by atoms with Gasteiger partial charge in [0.2, 0.25) is 9.84 Å². The van der Waals surface area contributed by atoms with Crippen molar-refractivity contribution >= 4 is 15.7 Å². The summed E-state index contributed by atoms with van der Waals surface area (Å²) in [6.07, 6.45) is 6.27. The second-order valence-electron chi connectivity index (χ2n) is 7.99. The SMILES string of the molecule is CN(Cc1ccccc1CNC(=O)c1ccc(S(=O)(=O)C(F)F)cc1)C1CCCCC1. The van der Waals surface area contributed by atoms with Gasteiger partial charge in [-0.15, -0.1) is 0 Å². The molecule has 1 fully saturated rings. The van der Waals surface area contributed by atoms with Crippen molar-refractivity contribution in [3.8, 4) is 0 Å². The molecule has 0 saturated heterocycles. The van der Waals surface area contributed by atoms with Gasteiger partial charge in [-0.2, -0.15) is 8.78 Å². The highest BCUT2D eigenvalue weighted by Gasteiger charge is 2.26. The highest BCUT2D eigenvalue weighted by Crippen LogP contribution is 2.24. The minimum Gasteiger partial charge on any atom is -0.348 e. The fraction of sp³-hybridized carbons (Fsp3) is 0.435. The normalized spacial score (nSPS) is 15.4. The first-order valence-electron chi connectivity index (χ1n) is 10.5. The summed E-state index contributed by atoms with van der Waals surface area (Å²) < 4.78 is 48.3. The molecule has 0 radical (unpaired) electrons. The van der Waals surface area contributed by atoms with Gasteiger partial charge in [0.25, 0.3) is 5.91 Å². The number of nitrogens with one attached hydrogen (secondary N) is 1. The second-order valence-corrected chi connectivity index (χ2v) is 9.91. The zero-order chi connectivity index (χ0) is 22.4. The molecule has 1 N–H and O–H groups in total. The molecule has 168 valence electrons. The lowest BCUT2D eigenvalue weighted by molar-refractivity contribution is 0.0950. The van der Waals surface area contributed by atoms with Gasteiger partial charge in [0, 0.05) is 24.7 Å². The quantitative estimate of drug-likeness (QED) is 0.648. The van der Waals surface area contributed by atoms with Crippen molar-refractivity contribution in [2.45, 2.75) is 61.9 Å². The number of halogens is 2. The van der Waals surface area contributed by atoms with Crippen LogP contribution in [0.3, 0.4) is 0 Å². The maximum Gasteiger partial charge on any atom is 0.341 e. The summed E-state index contributed by atoms with van der Waals surface area (Å²) in [5.41, 5.74) is 2.37. The Morgan fingerprint density at radius 1 is 1.03 bits per heavy atom. The van der Waals surface area contributed by atoms with Crippen LogP contribution in [-0.2, 0) is 22.9 Å². The van der Waals surface area contributed by atoms with Gasteiger partial charge in [0.15, 0.2) is 0 Å². The number of amides is 1. The van der Waals surface area contributed by atoms with E-state index in [0.717, 1.165) is 29.8 Å². The molecule has 8 heteroatoms. The van der Waals surface area contributed by atoms with Crippen LogP contribution in [0.5, 0.6) is 0 Å². The predicted octanol–water partition coefficient (Wildman–Crippen LogP) is 4.38. The number of carbonyl (C=O) groups excluding carboxylic acids is 1. The van der Waals surface area contributed by atoms with Gasteiger partial charge >= 0.3 is 5.76 Å². The second kappa shape index (κ2) is 10.3. The first-order valence-corrected chi connectivity index (χ1v) is 12.0. The smallest absolute Gasteiger partial charge is 0.341 e. The van der Waals surface area contributed by atoms with Crippen LogP contribution >= 0.6 is 0 Å². The fourth-order valence-electron chi connectivity index (χ4n) is 3.98. The number of carbonyl (C=O) groups is 1. The van der Waals surface area contributed by atoms with Crippen molar-refractivity contribution < 1.29 is 22.0 Å². The lowest BCUT2D eigenvalue weighted by Crippen LogP contribution is -2.33. The lowest BCUT2D eigenvalue weighted by atomic mass is 9.94. The highest BCUT2D eigenvalue weighted by atomic mass is 32.2. The molecule has 0 aromatic heterocycles. The molecule has 1 aliphatic rings. The monoisotopic (exact) mass is 450 g/mol. The first-order chi connectivity index (χ1) is 14.8. The Hall–Kier alpha value is -2.32. The van der Waals surface area contributed by atoms with E-state index < -0.39 is 26.4 Å². The van der Waals surface area contributed by atoms with Crippen LogP contribution in [0.4, 0.5) is 8.78 Å². The summed E-state index contributed by atoms with van der Waals surface area (Å²) in [7, 11) is -2.53. The molecule has 5 nitrogen and oxygen atoms in total. The van der Waals surface area contributed by atoms with Crippen LogP contribution in [0.1, 0.15) is 53.6 Å². The number of alkyl halides is 2. The summed E-state index contributed by atoms with van der Waals surface area (Å²) >= 11 is 0. The van der Waals surface area contributed by atoms with Crippen LogP contribution < -0.4 is 5.32 Å². The van der Waals surface area contributed by atoms with Crippen LogP contribution in [0.25, 0.3) is 0 Å².